The Kier molecular flexibility index (Phi) is 4.31. The Morgan fingerprint density at radius 3 is 3.11 bits per heavy atom. The molecule has 1 aliphatic heterocycles. The fourth-order valence-electron chi connectivity index (χ4n) is 2.62. The highest BCUT2D eigenvalue weighted by Crippen LogP contribution is 2.29. The van der Waals surface area contributed by atoms with E-state index in [1.165, 1.54) is 0 Å². The van der Waals surface area contributed by atoms with Crippen LogP contribution in [0.1, 0.15) is 31.2 Å². The van der Waals surface area contributed by atoms with E-state index in [0.29, 0.717) is 17.4 Å². The fraction of sp³-hybridized carbons (Fsp3) is 0.615. The second-order valence-corrected chi connectivity index (χ2v) is 4.94. The molecule has 1 aromatic heterocycles. The molecule has 104 valence electrons. The number of pyridine rings is 1. The maximum absolute atomic E-state index is 11.0. The van der Waals surface area contributed by atoms with Crippen LogP contribution in [0.4, 0.5) is 11.5 Å². The van der Waals surface area contributed by atoms with Gasteiger partial charge in [0.2, 0.25) is 0 Å². The van der Waals surface area contributed by atoms with Gasteiger partial charge in [0.15, 0.2) is 0 Å². The molecule has 1 aromatic rings. The molecule has 0 radical (unpaired) electrons. The Morgan fingerprint density at radius 2 is 2.42 bits per heavy atom. The normalized spacial score (nSPS) is 18.8. The van der Waals surface area contributed by atoms with Crippen molar-refractivity contribution in [2.75, 3.05) is 18.1 Å². The molecule has 1 N–H and O–H groups in total. The Balaban J connectivity index is 2.20. The van der Waals surface area contributed by atoms with Crippen molar-refractivity contribution >= 4 is 11.5 Å². The van der Waals surface area contributed by atoms with Crippen LogP contribution in [0, 0.1) is 17.0 Å². The van der Waals surface area contributed by atoms with Crippen LogP contribution >= 0.6 is 0 Å². The predicted molar refractivity (Wildman–Crippen MR) is 72.3 cm³/mol. The van der Waals surface area contributed by atoms with Crippen molar-refractivity contribution in [1.82, 2.24) is 4.98 Å². The van der Waals surface area contributed by atoms with Gasteiger partial charge in [-0.1, -0.05) is 0 Å². The highest BCUT2D eigenvalue weighted by molar-refractivity contribution is 5.51. The first-order valence-electron chi connectivity index (χ1n) is 6.62. The van der Waals surface area contributed by atoms with E-state index in [-0.39, 0.29) is 17.2 Å². The molecule has 1 atom stereocenters. The lowest BCUT2D eigenvalue weighted by atomic mass is 10.1. The van der Waals surface area contributed by atoms with Crippen LogP contribution < -0.4 is 4.90 Å². The van der Waals surface area contributed by atoms with Crippen LogP contribution in [-0.2, 0) is 0 Å². The number of nitrogens with zero attached hydrogens (tertiary/aromatic N) is 3. The summed E-state index contributed by atoms with van der Waals surface area (Å²) in [6.45, 7) is 2.76. The quantitative estimate of drug-likeness (QED) is 0.651. The second-order valence-electron chi connectivity index (χ2n) is 4.94. The van der Waals surface area contributed by atoms with Gasteiger partial charge >= 0.3 is 0 Å². The minimum atomic E-state index is -0.362. The van der Waals surface area contributed by atoms with Gasteiger partial charge < -0.3 is 10.0 Å². The van der Waals surface area contributed by atoms with Crippen LogP contribution in [0.2, 0.25) is 0 Å². The molecular weight excluding hydrogens is 246 g/mol. The van der Waals surface area contributed by atoms with E-state index in [9.17, 15) is 10.1 Å². The van der Waals surface area contributed by atoms with Crippen molar-refractivity contribution < 1.29 is 10.0 Å². The maximum atomic E-state index is 11.0. The molecule has 1 fully saturated rings. The largest absolute Gasteiger partial charge is 0.396 e. The molecule has 2 rings (SSSR count). The summed E-state index contributed by atoms with van der Waals surface area (Å²) in [5, 5.41) is 19.9. The lowest BCUT2D eigenvalue weighted by Crippen LogP contribution is -2.30. The summed E-state index contributed by atoms with van der Waals surface area (Å²) in [7, 11) is 0. The van der Waals surface area contributed by atoms with Crippen LogP contribution in [0.3, 0.4) is 0 Å². The van der Waals surface area contributed by atoms with E-state index in [1.54, 1.807) is 19.2 Å². The van der Waals surface area contributed by atoms with Crippen LogP contribution in [0.25, 0.3) is 0 Å². The molecule has 0 saturated carbocycles. The lowest BCUT2D eigenvalue weighted by molar-refractivity contribution is -0.385. The first kappa shape index (κ1) is 13.7. The predicted octanol–water partition coefficient (Wildman–Crippen LogP) is 2.04. The number of aliphatic hydroxyl groups excluding tert-OH is 1. The van der Waals surface area contributed by atoms with E-state index >= 15 is 0 Å². The molecule has 1 saturated heterocycles. The summed E-state index contributed by atoms with van der Waals surface area (Å²) < 4.78 is 0. The molecule has 0 bridgehead atoms. The number of aromatic nitrogens is 1. The van der Waals surface area contributed by atoms with Crippen molar-refractivity contribution in [1.29, 1.82) is 0 Å². The Bertz CT molecular complexity index is 464. The van der Waals surface area contributed by atoms with Crippen LogP contribution in [0.15, 0.2) is 12.3 Å². The van der Waals surface area contributed by atoms with Crippen molar-refractivity contribution in [2.45, 2.75) is 38.6 Å². The number of rotatable bonds is 5. The molecular formula is C13H19N3O3. The first-order valence-corrected chi connectivity index (χ1v) is 6.62. The maximum Gasteiger partial charge on any atom is 0.277 e. The van der Waals surface area contributed by atoms with E-state index < -0.39 is 0 Å². The van der Waals surface area contributed by atoms with Gasteiger partial charge in [0, 0.05) is 31.0 Å². The van der Waals surface area contributed by atoms with Crippen molar-refractivity contribution in [2.24, 2.45) is 0 Å². The average molecular weight is 265 g/mol. The van der Waals surface area contributed by atoms with Gasteiger partial charge in [-0.15, -0.1) is 0 Å². The smallest absolute Gasteiger partial charge is 0.277 e. The van der Waals surface area contributed by atoms with Crippen LogP contribution in [0.5, 0.6) is 0 Å². The molecule has 0 amide bonds. The Hall–Kier alpha value is -1.69. The third kappa shape index (κ3) is 3.01. The molecule has 6 heteroatoms. The monoisotopic (exact) mass is 265 g/mol. The molecule has 0 aromatic carbocycles. The zero-order chi connectivity index (χ0) is 13.8. The summed E-state index contributed by atoms with van der Waals surface area (Å²) in [5.41, 5.74) is 0.706. The van der Waals surface area contributed by atoms with Crippen molar-refractivity contribution in [3.05, 3.63) is 27.9 Å². The first-order chi connectivity index (χ1) is 9.13. The van der Waals surface area contributed by atoms with Gasteiger partial charge in [-0.2, -0.15) is 0 Å². The van der Waals surface area contributed by atoms with Gasteiger partial charge in [0.25, 0.3) is 5.69 Å². The number of aliphatic hydroxyl groups is 1. The molecule has 0 spiro atoms. The third-order valence-electron chi connectivity index (χ3n) is 3.62. The SMILES string of the molecule is Cc1cnc(N2CCCC2CCCO)cc1[N+](=O)[O-]. The molecule has 1 aliphatic rings. The zero-order valence-electron chi connectivity index (χ0n) is 11.1. The minimum absolute atomic E-state index is 0.123. The highest BCUT2D eigenvalue weighted by atomic mass is 16.6. The van der Waals surface area contributed by atoms with Crippen molar-refractivity contribution in [3.8, 4) is 0 Å². The van der Waals surface area contributed by atoms with E-state index in [4.69, 9.17) is 5.11 Å². The summed E-state index contributed by atoms with van der Waals surface area (Å²) in [6, 6.07) is 1.90. The van der Waals surface area contributed by atoms with Crippen LogP contribution in [-0.4, -0.2) is 34.2 Å². The van der Waals surface area contributed by atoms with E-state index in [2.05, 4.69) is 9.88 Å². The number of anilines is 1. The summed E-state index contributed by atoms with van der Waals surface area (Å²) in [5.74, 6) is 0.678. The fourth-order valence-corrected chi connectivity index (χ4v) is 2.62. The standard InChI is InChI=1S/C13H19N3O3/c1-10-9-14-13(8-12(10)16(18)19)15-6-2-4-11(15)5-3-7-17/h8-9,11,17H,2-7H2,1H3. The summed E-state index contributed by atoms with van der Waals surface area (Å²) >= 11 is 0. The zero-order valence-corrected chi connectivity index (χ0v) is 11.1. The molecule has 1 unspecified atom stereocenters. The van der Waals surface area contributed by atoms with Gasteiger partial charge in [-0.05, 0) is 32.6 Å². The topological polar surface area (TPSA) is 79.5 Å². The molecule has 0 aliphatic carbocycles. The third-order valence-corrected chi connectivity index (χ3v) is 3.62. The van der Waals surface area contributed by atoms with E-state index in [1.807, 2.05) is 0 Å². The second kappa shape index (κ2) is 5.97. The summed E-state index contributed by atoms with van der Waals surface area (Å²) in [6.07, 6.45) is 5.35. The molecule has 6 nitrogen and oxygen atoms in total. The minimum Gasteiger partial charge on any atom is -0.396 e. The Labute approximate surface area is 112 Å². The number of aryl methyl sites for hydroxylation is 1. The number of hydrogen-bond acceptors (Lipinski definition) is 5. The van der Waals surface area contributed by atoms with Gasteiger partial charge in [0.05, 0.1) is 11.0 Å². The van der Waals surface area contributed by atoms with E-state index in [0.717, 1.165) is 32.2 Å². The average Bonchev–Trinajstić information content (AvgIpc) is 2.85. The molecule has 2 heterocycles. The van der Waals surface area contributed by atoms with Gasteiger partial charge in [0.1, 0.15) is 5.82 Å². The van der Waals surface area contributed by atoms with Gasteiger partial charge in [-0.25, -0.2) is 4.98 Å². The Morgan fingerprint density at radius 1 is 1.63 bits per heavy atom. The molecule has 19 heavy (non-hydrogen) atoms. The highest BCUT2D eigenvalue weighted by Gasteiger charge is 2.26. The van der Waals surface area contributed by atoms with Gasteiger partial charge in [-0.3, -0.25) is 10.1 Å². The number of nitro groups is 1. The summed E-state index contributed by atoms with van der Waals surface area (Å²) in [4.78, 5) is 17.1. The number of hydrogen-bond donors (Lipinski definition) is 1. The lowest BCUT2D eigenvalue weighted by Gasteiger charge is -2.25. The van der Waals surface area contributed by atoms with Crippen molar-refractivity contribution in [3.63, 3.8) is 0 Å².